The fourth-order valence-corrected chi connectivity index (χ4v) is 2.41. The summed E-state index contributed by atoms with van der Waals surface area (Å²) in [4.78, 5) is 12.1. The van der Waals surface area contributed by atoms with E-state index in [0.29, 0.717) is 5.75 Å². The van der Waals surface area contributed by atoms with Gasteiger partial charge in [-0.3, -0.25) is 4.79 Å². The van der Waals surface area contributed by atoms with E-state index in [1.807, 2.05) is 72.8 Å². The Balaban J connectivity index is 1.54. The molecule has 0 heterocycles. The number of hydrogen-bond acceptors (Lipinski definition) is 3. The number of amides is 1. The van der Waals surface area contributed by atoms with Crippen LogP contribution in [0.15, 0.2) is 90.0 Å². The van der Waals surface area contributed by atoms with E-state index in [9.17, 15) is 4.79 Å². The molecule has 0 saturated heterocycles. The highest BCUT2D eigenvalue weighted by atomic mass is 16.5. The molecule has 26 heavy (non-hydrogen) atoms. The molecule has 3 rings (SSSR count). The van der Waals surface area contributed by atoms with Crippen molar-refractivity contribution < 1.29 is 9.53 Å². The van der Waals surface area contributed by atoms with Crippen LogP contribution >= 0.6 is 0 Å². The van der Waals surface area contributed by atoms with Crippen LogP contribution in [0.1, 0.15) is 12.5 Å². The van der Waals surface area contributed by atoms with Gasteiger partial charge in [0.05, 0.1) is 6.21 Å². The molecule has 0 bridgehead atoms. The fourth-order valence-electron chi connectivity index (χ4n) is 2.41. The maximum Gasteiger partial charge on any atom is 0.280 e. The number of nitrogens with one attached hydrogen (secondary N) is 1. The van der Waals surface area contributed by atoms with Crippen LogP contribution in [0.2, 0.25) is 0 Å². The fraction of sp³-hybridized carbons (Fsp3) is 0.0909. The summed E-state index contributed by atoms with van der Waals surface area (Å²) in [6.45, 7) is 1.69. The van der Waals surface area contributed by atoms with E-state index < -0.39 is 6.10 Å². The molecule has 4 heteroatoms. The van der Waals surface area contributed by atoms with Gasteiger partial charge in [-0.2, -0.15) is 5.10 Å². The third kappa shape index (κ3) is 4.80. The summed E-state index contributed by atoms with van der Waals surface area (Å²) in [5.41, 5.74) is 5.65. The van der Waals surface area contributed by atoms with Gasteiger partial charge in [0, 0.05) is 0 Å². The van der Waals surface area contributed by atoms with Crippen LogP contribution in [0, 0.1) is 0 Å². The third-order valence-electron chi connectivity index (χ3n) is 3.83. The van der Waals surface area contributed by atoms with Gasteiger partial charge >= 0.3 is 0 Å². The third-order valence-corrected chi connectivity index (χ3v) is 3.83. The lowest BCUT2D eigenvalue weighted by atomic mass is 10.1. The van der Waals surface area contributed by atoms with Gasteiger partial charge in [0.1, 0.15) is 5.75 Å². The molecule has 0 aromatic heterocycles. The summed E-state index contributed by atoms with van der Waals surface area (Å²) >= 11 is 0. The van der Waals surface area contributed by atoms with E-state index in [1.165, 1.54) is 0 Å². The first-order chi connectivity index (χ1) is 12.7. The molecular formula is C22H20N2O2. The molecule has 0 spiro atoms. The minimum absolute atomic E-state index is 0.302. The van der Waals surface area contributed by atoms with Crippen LogP contribution in [0.5, 0.6) is 5.75 Å². The molecule has 0 aliphatic heterocycles. The Morgan fingerprint density at radius 2 is 1.46 bits per heavy atom. The average Bonchev–Trinajstić information content (AvgIpc) is 2.70. The molecule has 3 aromatic rings. The van der Waals surface area contributed by atoms with E-state index in [1.54, 1.807) is 13.1 Å². The lowest BCUT2D eigenvalue weighted by Gasteiger charge is -2.13. The van der Waals surface area contributed by atoms with E-state index >= 15 is 0 Å². The first-order valence-corrected chi connectivity index (χ1v) is 8.42. The van der Waals surface area contributed by atoms with E-state index in [0.717, 1.165) is 16.7 Å². The Bertz CT molecular complexity index is 860. The monoisotopic (exact) mass is 344 g/mol. The Morgan fingerprint density at radius 1 is 0.885 bits per heavy atom. The summed E-state index contributed by atoms with van der Waals surface area (Å²) in [7, 11) is 0. The van der Waals surface area contributed by atoms with E-state index in [-0.39, 0.29) is 5.91 Å². The van der Waals surface area contributed by atoms with E-state index in [4.69, 9.17) is 4.74 Å². The first-order valence-electron chi connectivity index (χ1n) is 8.42. The molecule has 0 fully saturated rings. The molecule has 0 aliphatic rings. The summed E-state index contributed by atoms with van der Waals surface area (Å²) in [5.74, 6) is 0.337. The average molecular weight is 344 g/mol. The predicted octanol–water partition coefficient (Wildman–Crippen LogP) is 4.27. The summed E-state index contributed by atoms with van der Waals surface area (Å²) in [5, 5.41) is 3.95. The van der Waals surface area contributed by atoms with Crippen molar-refractivity contribution in [1.29, 1.82) is 0 Å². The smallest absolute Gasteiger partial charge is 0.280 e. The second kappa shape index (κ2) is 8.62. The Hall–Kier alpha value is -3.40. The highest BCUT2D eigenvalue weighted by molar-refractivity contribution is 5.84. The van der Waals surface area contributed by atoms with Crippen molar-refractivity contribution in [2.75, 3.05) is 0 Å². The van der Waals surface area contributed by atoms with Gasteiger partial charge in [-0.05, 0) is 35.7 Å². The minimum atomic E-state index is -0.648. The zero-order chi connectivity index (χ0) is 18.2. The normalized spacial score (nSPS) is 11.9. The lowest BCUT2D eigenvalue weighted by molar-refractivity contribution is -0.127. The maximum atomic E-state index is 12.1. The topological polar surface area (TPSA) is 50.7 Å². The number of rotatable bonds is 6. The van der Waals surface area contributed by atoms with Gasteiger partial charge in [0.15, 0.2) is 6.10 Å². The van der Waals surface area contributed by atoms with Gasteiger partial charge in [-0.1, -0.05) is 72.8 Å². The summed E-state index contributed by atoms with van der Waals surface area (Å²) < 4.78 is 5.68. The van der Waals surface area contributed by atoms with Gasteiger partial charge in [0.2, 0.25) is 0 Å². The molecule has 3 aromatic carbocycles. The van der Waals surface area contributed by atoms with Crippen molar-refractivity contribution in [1.82, 2.24) is 5.43 Å². The van der Waals surface area contributed by atoms with Crippen molar-refractivity contribution in [2.24, 2.45) is 5.10 Å². The second-order valence-corrected chi connectivity index (χ2v) is 5.80. The van der Waals surface area contributed by atoms with Crippen molar-refractivity contribution in [2.45, 2.75) is 13.0 Å². The minimum Gasteiger partial charge on any atom is -0.481 e. The number of nitrogens with zero attached hydrogens (tertiary/aromatic N) is 1. The standard InChI is InChI=1S/C22H20N2O2/c1-17(22(25)24-23-16-18-8-4-2-5-9-18)26-21-14-12-20(13-15-21)19-10-6-3-7-11-19/h2-17H,1H3,(H,24,25)/b23-16-/t17-/m1/s1. The predicted molar refractivity (Wildman–Crippen MR) is 104 cm³/mol. The van der Waals surface area contributed by atoms with Crippen LogP contribution in [0.4, 0.5) is 0 Å². The Morgan fingerprint density at radius 3 is 2.12 bits per heavy atom. The number of carbonyl (C=O) groups is 1. The largest absolute Gasteiger partial charge is 0.481 e. The molecule has 4 nitrogen and oxygen atoms in total. The Kier molecular flexibility index (Phi) is 5.78. The zero-order valence-electron chi connectivity index (χ0n) is 14.5. The van der Waals surface area contributed by atoms with Crippen molar-refractivity contribution >= 4 is 12.1 Å². The molecule has 0 saturated carbocycles. The van der Waals surface area contributed by atoms with Crippen molar-refractivity contribution in [3.8, 4) is 16.9 Å². The molecule has 0 unspecified atom stereocenters. The van der Waals surface area contributed by atoms with Crippen LogP contribution in [-0.4, -0.2) is 18.2 Å². The summed E-state index contributed by atoms with van der Waals surface area (Å²) in [6.07, 6.45) is 0.949. The quantitative estimate of drug-likeness (QED) is 0.536. The molecule has 0 aliphatic carbocycles. The van der Waals surface area contributed by atoms with Gasteiger partial charge in [-0.15, -0.1) is 0 Å². The maximum absolute atomic E-state index is 12.1. The van der Waals surface area contributed by atoms with Crippen LogP contribution in [0.3, 0.4) is 0 Å². The molecular weight excluding hydrogens is 324 g/mol. The molecule has 1 N–H and O–H groups in total. The van der Waals surface area contributed by atoms with Crippen LogP contribution in [-0.2, 0) is 4.79 Å². The molecule has 1 amide bonds. The van der Waals surface area contributed by atoms with Gasteiger partial charge < -0.3 is 4.74 Å². The molecule has 0 radical (unpaired) electrons. The van der Waals surface area contributed by atoms with Crippen molar-refractivity contribution in [3.05, 3.63) is 90.5 Å². The zero-order valence-corrected chi connectivity index (χ0v) is 14.5. The number of hydrogen-bond donors (Lipinski definition) is 1. The number of ether oxygens (including phenoxy) is 1. The van der Waals surface area contributed by atoms with Gasteiger partial charge in [0.25, 0.3) is 5.91 Å². The second-order valence-electron chi connectivity index (χ2n) is 5.80. The number of carbonyl (C=O) groups excluding carboxylic acids is 1. The van der Waals surface area contributed by atoms with E-state index in [2.05, 4.69) is 22.7 Å². The highest BCUT2D eigenvalue weighted by Crippen LogP contribution is 2.22. The van der Waals surface area contributed by atoms with Crippen LogP contribution < -0.4 is 10.2 Å². The lowest BCUT2D eigenvalue weighted by Crippen LogP contribution is -2.33. The SMILES string of the molecule is C[C@@H](Oc1ccc(-c2ccccc2)cc1)C(=O)N/N=C\c1ccccc1. The molecule has 1 atom stereocenters. The first kappa shape index (κ1) is 17.4. The summed E-state index contributed by atoms with van der Waals surface area (Å²) in [6, 6.07) is 27.3. The number of hydrazone groups is 1. The van der Waals surface area contributed by atoms with Crippen LogP contribution in [0.25, 0.3) is 11.1 Å². The van der Waals surface area contributed by atoms with Crippen molar-refractivity contribution in [3.63, 3.8) is 0 Å². The Labute approximate surface area is 153 Å². The highest BCUT2D eigenvalue weighted by Gasteiger charge is 2.13. The molecule has 130 valence electrons. The van der Waals surface area contributed by atoms with Gasteiger partial charge in [-0.25, -0.2) is 5.43 Å². The number of benzene rings is 3.